The molecule has 0 aliphatic carbocycles. The lowest BCUT2D eigenvalue weighted by molar-refractivity contribution is 0.0943. The van der Waals surface area contributed by atoms with Gasteiger partial charge in [0, 0.05) is 18.4 Å². The summed E-state index contributed by atoms with van der Waals surface area (Å²) in [5, 5.41) is 2.76. The van der Waals surface area contributed by atoms with Gasteiger partial charge in [0.25, 0.3) is 5.91 Å². The minimum Gasteiger partial charge on any atom is -0.350 e. The molecule has 4 N–H and O–H groups in total. The van der Waals surface area contributed by atoms with E-state index in [0.29, 0.717) is 11.3 Å². The van der Waals surface area contributed by atoms with Crippen LogP contribution in [0.25, 0.3) is 0 Å². The first kappa shape index (κ1) is 10.5. The molecule has 14 heavy (non-hydrogen) atoms. The molecule has 0 bridgehead atoms. The Balaban J connectivity index is 2.88. The molecule has 0 aliphatic heterocycles. The van der Waals surface area contributed by atoms with Crippen molar-refractivity contribution in [2.45, 2.75) is 19.9 Å². The van der Waals surface area contributed by atoms with E-state index in [2.05, 4.69) is 15.7 Å². The zero-order valence-electron chi connectivity index (χ0n) is 8.24. The average Bonchev–Trinajstić information content (AvgIpc) is 2.16. The van der Waals surface area contributed by atoms with Gasteiger partial charge in [-0.3, -0.25) is 15.6 Å². The first-order valence-corrected chi connectivity index (χ1v) is 4.36. The molecule has 1 aromatic heterocycles. The number of anilines is 1. The Kier molecular flexibility index (Phi) is 3.41. The van der Waals surface area contributed by atoms with Gasteiger partial charge >= 0.3 is 0 Å². The van der Waals surface area contributed by atoms with Crippen LogP contribution in [0.15, 0.2) is 18.5 Å². The van der Waals surface area contributed by atoms with E-state index in [0.717, 1.165) is 0 Å². The summed E-state index contributed by atoms with van der Waals surface area (Å²) < 4.78 is 0. The van der Waals surface area contributed by atoms with E-state index in [1.165, 1.54) is 6.20 Å². The second kappa shape index (κ2) is 4.57. The second-order valence-electron chi connectivity index (χ2n) is 3.19. The number of carbonyl (C=O) groups is 1. The molecule has 1 heterocycles. The molecule has 5 heteroatoms. The molecule has 5 nitrogen and oxygen atoms in total. The Hall–Kier alpha value is -1.62. The van der Waals surface area contributed by atoms with E-state index in [-0.39, 0.29) is 11.9 Å². The van der Waals surface area contributed by atoms with Crippen LogP contribution in [-0.4, -0.2) is 16.9 Å². The molecule has 0 spiro atoms. The highest BCUT2D eigenvalue weighted by Gasteiger charge is 2.11. The molecule has 0 aliphatic rings. The van der Waals surface area contributed by atoms with Crippen LogP contribution in [0.3, 0.4) is 0 Å². The largest absolute Gasteiger partial charge is 0.350 e. The molecule has 1 amide bonds. The third-order valence-corrected chi connectivity index (χ3v) is 1.64. The smallest absolute Gasteiger partial charge is 0.255 e. The molecular formula is C9H14N4O. The molecule has 1 rings (SSSR count). The van der Waals surface area contributed by atoms with Crippen molar-refractivity contribution in [2.75, 3.05) is 5.43 Å². The van der Waals surface area contributed by atoms with Crippen molar-refractivity contribution in [1.82, 2.24) is 10.3 Å². The van der Waals surface area contributed by atoms with Crippen LogP contribution in [0.4, 0.5) is 5.69 Å². The topological polar surface area (TPSA) is 80.0 Å². The lowest BCUT2D eigenvalue weighted by Gasteiger charge is -2.10. The highest BCUT2D eigenvalue weighted by molar-refractivity contribution is 5.99. The van der Waals surface area contributed by atoms with Gasteiger partial charge in [-0.05, 0) is 19.9 Å². The van der Waals surface area contributed by atoms with Crippen molar-refractivity contribution < 1.29 is 4.79 Å². The third kappa shape index (κ3) is 2.43. The Bertz CT molecular complexity index is 324. The van der Waals surface area contributed by atoms with Gasteiger partial charge in [-0.25, -0.2) is 0 Å². The number of aromatic nitrogens is 1. The number of hydrazine groups is 1. The SMILES string of the molecule is CC(C)NC(=O)c1cnccc1NN. The minimum atomic E-state index is -0.180. The summed E-state index contributed by atoms with van der Waals surface area (Å²) in [6, 6.07) is 1.74. The van der Waals surface area contributed by atoms with E-state index >= 15 is 0 Å². The minimum absolute atomic E-state index is 0.0910. The molecule has 1 aromatic rings. The number of carbonyl (C=O) groups excluding carboxylic acids is 1. The fourth-order valence-electron chi connectivity index (χ4n) is 1.04. The van der Waals surface area contributed by atoms with Crippen LogP contribution in [0.1, 0.15) is 24.2 Å². The number of nitrogens with zero attached hydrogens (tertiary/aromatic N) is 1. The predicted octanol–water partition coefficient (Wildman–Crippen LogP) is 0.505. The quantitative estimate of drug-likeness (QED) is 0.483. The van der Waals surface area contributed by atoms with E-state index in [9.17, 15) is 4.79 Å². The summed E-state index contributed by atoms with van der Waals surface area (Å²) in [4.78, 5) is 15.5. The standard InChI is InChI=1S/C9H14N4O/c1-6(2)12-9(14)7-5-11-4-3-8(7)13-10/h3-6H,10H2,1-2H3,(H,11,13)(H,12,14). The summed E-state index contributed by atoms with van der Waals surface area (Å²) in [7, 11) is 0. The molecule has 76 valence electrons. The number of nitrogens with two attached hydrogens (primary N) is 1. The van der Waals surface area contributed by atoms with Crippen molar-refractivity contribution in [3.05, 3.63) is 24.0 Å². The number of nitrogens with one attached hydrogen (secondary N) is 2. The van der Waals surface area contributed by atoms with E-state index in [1.807, 2.05) is 13.8 Å². The van der Waals surface area contributed by atoms with Gasteiger partial charge < -0.3 is 10.7 Å². The molecule has 0 saturated heterocycles. The first-order valence-electron chi connectivity index (χ1n) is 4.36. The summed E-state index contributed by atoms with van der Waals surface area (Å²) in [5.74, 6) is 5.08. The van der Waals surface area contributed by atoms with Gasteiger partial charge in [0.15, 0.2) is 0 Å². The van der Waals surface area contributed by atoms with Crippen molar-refractivity contribution in [1.29, 1.82) is 0 Å². The normalized spacial score (nSPS) is 10.0. The molecule has 0 fully saturated rings. The Morgan fingerprint density at radius 3 is 2.86 bits per heavy atom. The number of pyridine rings is 1. The van der Waals surface area contributed by atoms with Gasteiger partial charge in [0.1, 0.15) is 0 Å². The van der Waals surface area contributed by atoms with Crippen LogP contribution in [0, 0.1) is 0 Å². The van der Waals surface area contributed by atoms with Gasteiger partial charge in [0.05, 0.1) is 11.3 Å². The monoisotopic (exact) mass is 194 g/mol. The Morgan fingerprint density at radius 1 is 1.57 bits per heavy atom. The fourth-order valence-corrected chi connectivity index (χ4v) is 1.04. The first-order chi connectivity index (χ1) is 6.65. The molecule has 0 saturated carbocycles. The lowest BCUT2D eigenvalue weighted by Crippen LogP contribution is -2.31. The Morgan fingerprint density at radius 2 is 2.29 bits per heavy atom. The van der Waals surface area contributed by atoms with Crippen molar-refractivity contribution >= 4 is 11.6 Å². The maximum absolute atomic E-state index is 11.6. The molecule has 0 atom stereocenters. The van der Waals surface area contributed by atoms with Crippen molar-refractivity contribution in [3.8, 4) is 0 Å². The number of hydrogen-bond donors (Lipinski definition) is 3. The van der Waals surface area contributed by atoms with Crippen LogP contribution >= 0.6 is 0 Å². The Labute approximate surface area is 82.7 Å². The van der Waals surface area contributed by atoms with Gasteiger partial charge in [-0.1, -0.05) is 0 Å². The van der Waals surface area contributed by atoms with Crippen LogP contribution in [0.2, 0.25) is 0 Å². The van der Waals surface area contributed by atoms with Crippen LogP contribution < -0.4 is 16.6 Å². The predicted molar refractivity (Wildman–Crippen MR) is 54.6 cm³/mol. The summed E-state index contributed by atoms with van der Waals surface area (Å²) in [6.45, 7) is 3.79. The van der Waals surface area contributed by atoms with Crippen molar-refractivity contribution in [2.24, 2.45) is 5.84 Å². The number of nitrogen functional groups attached to an aromatic ring is 1. The zero-order valence-corrected chi connectivity index (χ0v) is 8.24. The second-order valence-corrected chi connectivity index (χ2v) is 3.19. The van der Waals surface area contributed by atoms with E-state index in [4.69, 9.17) is 5.84 Å². The molecule has 0 aromatic carbocycles. The summed E-state index contributed by atoms with van der Waals surface area (Å²) in [6.07, 6.45) is 3.05. The number of amides is 1. The molecular weight excluding hydrogens is 180 g/mol. The lowest BCUT2D eigenvalue weighted by atomic mass is 10.2. The number of rotatable bonds is 3. The maximum atomic E-state index is 11.6. The van der Waals surface area contributed by atoms with Gasteiger partial charge in [-0.2, -0.15) is 0 Å². The third-order valence-electron chi connectivity index (χ3n) is 1.64. The highest BCUT2D eigenvalue weighted by Crippen LogP contribution is 2.11. The zero-order chi connectivity index (χ0) is 10.6. The summed E-state index contributed by atoms with van der Waals surface area (Å²) >= 11 is 0. The average molecular weight is 194 g/mol. The van der Waals surface area contributed by atoms with E-state index in [1.54, 1.807) is 12.3 Å². The van der Waals surface area contributed by atoms with Gasteiger partial charge in [0.2, 0.25) is 0 Å². The summed E-state index contributed by atoms with van der Waals surface area (Å²) in [5.41, 5.74) is 3.46. The van der Waals surface area contributed by atoms with Crippen LogP contribution in [0.5, 0.6) is 0 Å². The van der Waals surface area contributed by atoms with E-state index < -0.39 is 0 Å². The van der Waals surface area contributed by atoms with Gasteiger partial charge in [-0.15, -0.1) is 0 Å². The maximum Gasteiger partial charge on any atom is 0.255 e. The van der Waals surface area contributed by atoms with Crippen molar-refractivity contribution in [3.63, 3.8) is 0 Å². The number of hydrogen-bond acceptors (Lipinski definition) is 4. The van der Waals surface area contributed by atoms with Crippen LogP contribution in [-0.2, 0) is 0 Å². The molecule has 0 unspecified atom stereocenters. The molecule has 0 radical (unpaired) electrons. The highest BCUT2D eigenvalue weighted by atomic mass is 16.1. The fraction of sp³-hybridized carbons (Fsp3) is 0.333.